The molecule has 0 aliphatic carbocycles. The molecule has 0 aromatic heterocycles. The molecule has 3 rings (SSSR count). The Morgan fingerprint density at radius 2 is 2.17 bits per heavy atom. The Hall–Kier alpha value is -2.08. The summed E-state index contributed by atoms with van der Waals surface area (Å²) in [5.74, 6) is -0.371. The molecule has 6 nitrogen and oxygen atoms in total. The van der Waals surface area contributed by atoms with Crippen molar-refractivity contribution in [3.05, 3.63) is 29.8 Å². The number of carboxylic acids is 1. The number of amides is 1. The number of carbonyl (C=O) groups excluding carboxylic acids is 1. The fourth-order valence-corrected chi connectivity index (χ4v) is 3.17. The van der Waals surface area contributed by atoms with Gasteiger partial charge in [-0.05, 0) is 30.9 Å². The van der Waals surface area contributed by atoms with Crippen molar-refractivity contribution in [1.29, 1.82) is 0 Å². The highest BCUT2D eigenvalue weighted by Crippen LogP contribution is 2.29. The van der Waals surface area contributed by atoms with Crippen molar-refractivity contribution in [3.8, 4) is 5.75 Å². The summed E-state index contributed by atoms with van der Waals surface area (Å²) in [6, 6.07) is 7.72. The van der Waals surface area contributed by atoms with E-state index in [0.717, 1.165) is 11.3 Å². The molecular formula is C17H21NO5. The van der Waals surface area contributed by atoms with Crippen LogP contribution in [0.5, 0.6) is 5.75 Å². The molecule has 1 aromatic carbocycles. The molecule has 2 unspecified atom stereocenters. The molecular weight excluding hydrogens is 298 g/mol. The van der Waals surface area contributed by atoms with E-state index in [0.29, 0.717) is 39.1 Å². The minimum atomic E-state index is -0.861. The third-order valence-electron chi connectivity index (χ3n) is 4.56. The van der Waals surface area contributed by atoms with Crippen molar-refractivity contribution in [3.63, 3.8) is 0 Å². The zero-order valence-electron chi connectivity index (χ0n) is 12.9. The molecule has 2 aliphatic heterocycles. The molecule has 124 valence electrons. The number of fused-ring (bicyclic) bond motifs is 1. The minimum absolute atomic E-state index is 0.0215. The quantitative estimate of drug-likeness (QED) is 0.856. The topological polar surface area (TPSA) is 84.9 Å². The van der Waals surface area contributed by atoms with E-state index in [2.05, 4.69) is 5.32 Å². The van der Waals surface area contributed by atoms with Gasteiger partial charge in [0.05, 0.1) is 18.1 Å². The first kappa shape index (κ1) is 15.8. The number of ether oxygens (including phenoxy) is 2. The summed E-state index contributed by atoms with van der Waals surface area (Å²) in [6.07, 6.45) is 1.69. The predicted octanol–water partition coefficient (Wildman–Crippen LogP) is 1.38. The SMILES string of the molecule is O=C(O)CCC1(NC(=O)C2COc3ccccc3C2)CCOC1. The molecule has 1 saturated heterocycles. The minimum Gasteiger partial charge on any atom is -0.492 e. The van der Waals surface area contributed by atoms with Gasteiger partial charge in [-0.3, -0.25) is 9.59 Å². The summed E-state index contributed by atoms with van der Waals surface area (Å²) in [7, 11) is 0. The lowest BCUT2D eigenvalue weighted by Gasteiger charge is -2.32. The number of rotatable bonds is 5. The third kappa shape index (κ3) is 3.64. The van der Waals surface area contributed by atoms with Crippen molar-refractivity contribution in [2.45, 2.75) is 31.2 Å². The summed E-state index contributed by atoms with van der Waals surface area (Å²) in [6.45, 7) is 1.26. The Balaban J connectivity index is 1.65. The molecule has 6 heteroatoms. The van der Waals surface area contributed by atoms with Crippen molar-refractivity contribution >= 4 is 11.9 Å². The molecule has 2 heterocycles. The summed E-state index contributed by atoms with van der Waals surface area (Å²) < 4.78 is 11.1. The lowest BCUT2D eigenvalue weighted by molar-refractivity contribution is -0.138. The lowest BCUT2D eigenvalue weighted by atomic mass is 9.90. The normalized spacial score (nSPS) is 26.2. The number of carboxylic acid groups (broad SMARTS) is 1. The van der Waals surface area contributed by atoms with Gasteiger partial charge in [-0.25, -0.2) is 0 Å². The van der Waals surface area contributed by atoms with Gasteiger partial charge >= 0.3 is 5.97 Å². The number of hydrogen-bond donors (Lipinski definition) is 2. The van der Waals surface area contributed by atoms with Crippen LogP contribution in [0.25, 0.3) is 0 Å². The summed E-state index contributed by atoms with van der Waals surface area (Å²) in [5.41, 5.74) is 0.466. The summed E-state index contributed by atoms with van der Waals surface area (Å²) >= 11 is 0. The molecule has 2 aliphatic rings. The highest BCUT2D eigenvalue weighted by Gasteiger charge is 2.39. The maximum absolute atomic E-state index is 12.6. The predicted molar refractivity (Wildman–Crippen MR) is 82.3 cm³/mol. The average molecular weight is 319 g/mol. The van der Waals surface area contributed by atoms with Crippen LogP contribution >= 0.6 is 0 Å². The molecule has 1 amide bonds. The second-order valence-electron chi connectivity index (χ2n) is 6.29. The van der Waals surface area contributed by atoms with E-state index >= 15 is 0 Å². The van der Waals surface area contributed by atoms with Crippen molar-refractivity contribution < 1.29 is 24.2 Å². The highest BCUT2D eigenvalue weighted by atomic mass is 16.5. The molecule has 0 bridgehead atoms. The van der Waals surface area contributed by atoms with Crippen LogP contribution in [-0.4, -0.2) is 42.3 Å². The monoisotopic (exact) mass is 319 g/mol. The number of aliphatic carboxylic acids is 1. The van der Waals surface area contributed by atoms with Gasteiger partial charge in [-0.15, -0.1) is 0 Å². The molecule has 2 atom stereocenters. The molecule has 23 heavy (non-hydrogen) atoms. The van der Waals surface area contributed by atoms with Crippen LogP contribution in [-0.2, 0) is 20.7 Å². The van der Waals surface area contributed by atoms with Crippen LogP contribution in [0, 0.1) is 5.92 Å². The molecule has 2 N–H and O–H groups in total. The molecule has 0 spiro atoms. The van der Waals surface area contributed by atoms with Gasteiger partial charge in [0.2, 0.25) is 5.91 Å². The number of hydrogen-bond acceptors (Lipinski definition) is 4. The van der Waals surface area contributed by atoms with Crippen molar-refractivity contribution in [2.24, 2.45) is 5.92 Å². The second kappa shape index (κ2) is 6.58. The van der Waals surface area contributed by atoms with Gasteiger partial charge in [0.25, 0.3) is 0 Å². The standard InChI is InChI=1S/C17H21NO5/c19-15(20)5-6-17(7-8-22-11-17)18-16(21)13-9-12-3-1-2-4-14(12)23-10-13/h1-4,13H,5-11H2,(H,18,21)(H,19,20). The van der Waals surface area contributed by atoms with E-state index in [1.165, 1.54) is 0 Å². The third-order valence-corrected chi connectivity index (χ3v) is 4.56. The Morgan fingerprint density at radius 3 is 2.91 bits per heavy atom. The van der Waals surface area contributed by atoms with E-state index in [1.54, 1.807) is 0 Å². The van der Waals surface area contributed by atoms with Crippen LogP contribution in [0.4, 0.5) is 0 Å². The Bertz CT molecular complexity index is 594. The zero-order valence-corrected chi connectivity index (χ0v) is 12.9. The molecule has 1 aromatic rings. The summed E-state index contributed by atoms with van der Waals surface area (Å²) in [5, 5.41) is 11.9. The Kier molecular flexibility index (Phi) is 4.52. The summed E-state index contributed by atoms with van der Waals surface area (Å²) in [4.78, 5) is 23.5. The second-order valence-corrected chi connectivity index (χ2v) is 6.29. The van der Waals surface area contributed by atoms with Crippen LogP contribution in [0.3, 0.4) is 0 Å². The molecule has 0 radical (unpaired) electrons. The van der Waals surface area contributed by atoms with Gasteiger partial charge in [-0.2, -0.15) is 0 Å². The lowest BCUT2D eigenvalue weighted by Crippen LogP contribution is -2.52. The van der Waals surface area contributed by atoms with Crippen LogP contribution in [0.2, 0.25) is 0 Å². The first-order valence-corrected chi connectivity index (χ1v) is 7.90. The fraction of sp³-hybridized carbons (Fsp3) is 0.529. The van der Waals surface area contributed by atoms with Gasteiger partial charge in [0, 0.05) is 13.0 Å². The van der Waals surface area contributed by atoms with Crippen molar-refractivity contribution in [2.75, 3.05) is 19.8 Å². The number of benzene rings is 1. The smallest absolute Gasteiger partial charge is 0.303 e. The number of nitrogens with one attached hydrogen (secondary N) is 1. The number of carbonyl (C=O) groups is 2. The van der Waals surface area contributed by atoms with Crippen molar-refractivity contribution in [1.82, 2.24) is 5.32 Å². The maximum atomic E-state index is 12.6. The van der Waals surface area contributed by atoms with Gasteiger partial charge < -0.3 is 19.9 Å². The van der Waals surface area contributed by atoms with Gasteiger partial charge in [-0.1, -0.05) is 18.2 Å². The first-order chi connectivity index (χ1) is 11.1. The van der Waals surface area contributed by atoms with Crippen LogP contribution in [0.15, 0.2) is 24.3 Å². The molecule has 1 fully saturated rings. The van der Waals surface area contributed by atoms with E-state index in [1.807, 2.05) is 24.3 Å². The Morgan fingerprint density at radius 1 is 1.35 bits per heavy atom. The van der Waals surface area contributed by atoms with E-state index in [9.17, 15) is 9.59 Å². The largest absolute Gasteiger partial charge is 0.492 e. The van der Waals surface area contributed by atoms with E-state index in [-0.39, 0.29) is 18.2 Å². The molecule has 0 saturated carbocycles. The highest BCUT2D eigenvalue weighted by molar-refractivity contribution is 5.80. The van der Waals surface area contributed by atoms with Crippen LogP contribution in [0.1, 0.15) is 24.8 Å². The van der Waals surface area contributed by atoms with Crippen LogP contribution < -0.4 is 10.1 Å². The first-order valence-electron chi connectivity index (χ1n) is 7.90. The van der Waals surface area contributed by atoms with Gasteiger partial charge in [0.15, 0.2) is 0 Å². The van der Waals surface area contributed by atoms with E-state index < -0.39 is 11.5 Å². The van der Waals surface area contributed by atoms with E-state index in [4.69, 9.17) is 14.6 Å². The van der Waals surface area contributed by atoms with Gasteiger partial charge in [0.1, 0.15) is 12.4 Å². The average Bonchev–Trinajstić information content (AvgIpc) is 3.01. The maximum Gasteiger partial charge on any atom is 0.303 e. The number of para-hydroxylation sites is 1. The Labute approximate surface area is 134 Å². The zero-order chi connectivity index (χ0) is 16.3. The fourth-order valence-electron chi connectivity index (χ4n) is 3.17.